The molecule has 0 aliphatic rings. The van der Waals surface area contributed by atoms with Crippen LogP contribution in [0.25, 0.3) is 0 Å². The second-order valence-electron chi connectivity index (χ2n) is 5.85. The summed E-state index contributed by atoms with van der Waals surface area (Å²) in [6.07, 6.45) is 0. The minimum atomic E-state index is -0.974. The molecule has 0 atom stereocenters. The lowest BCUT2D eigenvalue weighted by Crippen LogP contribution is -2.40. The lowest BCUT2D eigenvalue weighted by atomic mass is 10.4. The summed E-state index contributed by atoms with van der Waals surface area (Å²) in [5, 5.41) is 3.37. The largest absolute Gasteiger partial charge is 0.412 e. The SMILES string of the molecule is Cl.Cl.NC(=O)NC(N)=NC(=O)c1nc(Cl)c(N)nc1N.NC(=O)NC(N)=NC(=O)c1nc(Cl)c(N)nc1N.O. The summed E-state index contributed by atoms with van der Waals surface area (Å²) >= 11 is 11.1. The number of halogens is 4. The van der Waals surface area contributed by atoms with Crippen molar-refractivity contribution in [3.63, 3.8) is 0 Å². The summed E-state index contributed by atoms with van der Waals surface area (Å²) < 4.78 is 0. The molecule has 2 aromatic heterocycles. The number of aromatic nitrogens is 4. The van der Waals surface area contributed by atoms with Gasteiger partial charge in [0.2, 0.25) is 11.9 Å². The molecule has 0 saturated carbocycles. The van der Waals surface area contributed by atoms with Crippen molar-refractivity contribution < 1.29 is 24.7 Å². The van der Waals surface area contributed by atoms with Crippen LogP contribution in [0, 0.1) is 0 Å². The number of amides is 6. The van der Waals surface area contributed by atoms with Gasteiger partial charge in [0.15, 0.2) is 45.0 Å². The van der Waals surface area contributed by atoms with Gasteiger partial charge in [0.05, 0.1) is 0 Å². The maximum Gasteiger partial charge on any atom is 0.318 e. The number of nitrogen functional groups attached to an aromatic ring is 4. The maximum atomic E-state index is 11.6. The molecule has 0 unspecified atom stereocenters. The van der Waals surface area contributed by atoms with Crippen molar-refractivity contribution in [3.05, 3.63) is 21.7 Å². The maximum absolute atomic E-state index is 11.6. The highest BCUT2D eigenvalue weighted by Gasteiger charge is 2.17. The van der Waals surface area contributed by atoms with Crippen molar-refractivity contribution in [2.24, 2.45) is 32.9 Å². The third kappa shape index (κ3) is 12.4. The Bertz CT molecular complexity index is 1190. The molecular weight excluding hydrogens is 614 g/mol. The number of nitrogens with one attached hydrogen (secondary N) is 2. The number of rotatable bonds is 2. The van der Waals surface area contributed by atoms with Crippen LogP contribution < -0.4 is 56.5 Å². The fourth-order valence-electron chi connectivity index (χ4n) is 1.83. The molecule has 25 heteroatoms. The molecule has 0 aromatic carbocycles. The van der Waals surface area contributed by atoms with E-state index in [1.165, 1.54) is 0 Å². The van der Waals surface area contributed by atoms with E-state index in [9.17, 15) is 19.2 Å². The van der Waals surface area contributed by atoms with Gasteiger partial charge in [-0.25, -0.2) is 29.5 Å². The van der Waals surface area contributed by atoms with Crippen molar-refractivity contribution >= 4 is 107 Å². The average molecular weight is 636 g/mol. The number of nitrogens with two attached hydrogens (primary N) is 8. The van der Waals surface area contributed by atoms with Crippen molar-refractivity contribution in [2.45, 2.75) is 0 Å². The third-order valence-corrected chi connectivity index (χ3v) is 3.72. The number of nitrogens with zero attached hydrogens (tertiary/aromatic N) is 6. The molecule has 0 radical (unpaired) electrons. The van der Waals surface area contributed by atoms with Gasteiger partial charge in [0.1, 0.15) is 0 Å². The molecule has 0 spiro atoms. The molecule has 21 nitrogen and oxygen atoms in total. The molecule has 0 fully saturated rings. The zero-order valence-corrected chi connectivity index (χ0v) is 22.2. The Morgan fingerprint density at radius 3 is 1.13 bits per heavy atom. The molecule has 39 heavy (non-hydrogen) atoms. The fraction of sp³-hybridized carbons (Fsp3) is 0. The number of aliphatic imine (C=N–C) groups is 2. The first-order valence-corrected chi connectivity index (χ1v) is 9.44. The van der Waals surface area contributed by atoms with Crippen LogP contribution in [0.4, 0.5) is 32.9 Å². The van der Waals surface area contributed by atoms with Crippen LogP contribution in [0.3, 0.4) is 0 Å². The highest BCUT2D eigenvalue weighted by Crippen LogP contribution is 2.18. The Hall–Kier alpha value is -4.70. The first-order chi connectivity index (χ1) is 16.6. The standard InChI is InChI=1S/2C7H9ClN8O2.2ClH.H2O/c2*8-2-4(10)14-3(9)1(13-2)5(17)15-6(11)16-7(12)18;;;/h2*(H4,9,10,14)(H5,11,12,15,16,17,18);2*1H;1H2. The highest BCUT2D eigenvalue weighted by molar-refractivity contribution is 6.32. The third-order valence-electron chi connectivity index (χ3n) is 3.16. The van der Waals surface area contributed by atoms with E-state index in [-0.39, 0.29) is 75.3 Å². The predicted octanol–water partition coefficient (Wildman–Crippen LogP) is -3.15. The number of carbonyl (C=O) groups excluding carboxylic acids is 4. The summed E-state index contributed by atoms with van der Waals surface area (Å²) in [6, 6.07) is -1.95. The summed E-state index contributed by atoms with van der Waals surface area (Å²) in [6.45, 7) is 0. The first-order valence-electron chi connectivity index (χ1n) is 8.69. The second kappa shape index (κ2) is 16.9. The minimum absolute atomic E-state index is 0. The van der Waals surface area contributed by atoms with Gasteiger partial charge >= 0.3 is 23.9 Å². The van der Waals surface area contributed by atoms with E-state index in [0.717, 1.165) is 0 Å². The van der Waals surface area contributed by atoms with Gasteiger partial charge in [-0.1, -0.05) is 23.2 Å². The molecule has 0 saturated heterocycles. The van der Waals surface area contributed by atoms with Crippen LogP contribution in [-0.2, 0) is 0 Å². The smallest absolute Gasteiger partial charge is 0.318 e. The van der Waals surface area contributed by atoms with E-state index in [4.69, 9.17) is 69.1 Å². The normalized spacial score (nSPS) is 10.2. The lowest BCUT2D eigenvalue weighted by molar-refractivity contribution is 0.0990. The molecule has 0 aliphatic carbocycles. The predicted molar refractivity (Wildman–Crippen MR) is 147 cm³/mol. The van der Waals surface area contributed by atoms with E-state index < -0.39 is 35.8 Å². The van der Waals surface area contributed by atoms with Crippen LogP contribution in [-0.4, -0.2) is 61.2 Å². The molecule has 20 N–H and O–H groups in total. The van der Waals surface area contributed by atoms with Crippen LogP contribution in [0.2, 0.25) is 10.3 Å². The van der Waals surface area contributed by atoms with Gasteiger partial charge in [0.25, 0.3) is 0 Å². The summed E-state index contributed by atoms with van der Waals surface area (Å²) in [5.41, 5.74) is 40.7. The number of hydrogen-bond acceptors (Lipinski definition) is 12. The Balaban J connectivity index is -0.000000617. The number of hydrogen-bond donors (Lipinski definition) is 10. The fourth-order valence-corrected chi connectivity index (χ4v) is 2.08. The van der Waals surface area contributed by atoms with Crippen LogP contribution in [0.1, 0.15) is 21.0 Å². The monoisotopic (exact) mass is 634 g/mol. The zero-order chi connectivity index (χ0) is 27.7. The van der Waals surface area contributed by atoms with E-state index in [1.807, 2.05) is 10.6 Å². The van der Waals surface area contributed by atoms with Gasteiger partial charge in [-0.15, -0.1) is 24.8 Å². The topological polar surface area (TPSA) is 408 Å². The number of urea groups is 2. The molecule has 0 aliphatic heterocycles. The number of anilines is 4. The molecule has 0 bridgehead atoms. The molecule has 2 rings (SSSR count). The van der Waals surface area contributed by atoms with Crippen molar-refractivity contribution in [3.8, 4) is 0 Å². The molecular formula is C14H22Cl4N16O5. The average Bonchev–Trinajstić information content (AvgIpc) is 2.72. The Kier molecular flexibility index (Phi) is 16.9. The van der Waals surface area contributed by atoms with Crippen LogP contribution >= 0.6 is 48.0 Å². The molecule has 216 valence electrons. The molecule has 6 amide bonds. The quantitative estimate of drug-likeness (QED) is 0.115. The highest BCUT2D eigenvalue weighted by atomic mass is 35.5. The summed E-state index contributed by atoms with van der Waals surface area (Å²) in [7, 11) is 0. The first kappa shape index (κ1) is 38.8. The van der Waals surface area contributed by atoms with Crippen molar-refractivity contribution in [1.29, 1.82) is 0 Å². The lowest BCUT2D eigenvalue weighted by Gasteiger charge is -2.03. The van der Waals surface area contributed by atoms with E-state index in [2.05, 4.69) is 29.9 Å². The van der Waals surface area contributed by atoms with Crippen LogP contribution in [0.15, 0.2) is 9.98 Å². The number of primary amides is 2. The molecule has 2 aromatic rings. The summed E-state index contributed by atoms with van der Waals surface area (Å²) in [4.78, 5) is 65.0. The van der Waals surface area contributed by atoms with Gasteiger partial charge in [-0.2, -0.15) is 9.98 Å². The van der Waals surface area contributed by atoms with E-state index in [0.29, 0.717) is 0 Å². The number of carbonyl (C=O) groups is 4. The van der Waals surface area contributed by atoms with Crippen LogP contribution in [0.5, 0.6) is 0 Å². The Morgan fingerprint density at radius 2 is 0.872 bits per heavy atom. The van der Waals surface area contributed by atoms with Crippen molar-refractivity contribution in [1.82, 2.24) is 30.6 Å². The van der Waals surface area contributed by atoms with Gasteiger partial charge in [0, 0.05) is 0 Å². The Morgan fingerprint density at radius 1 is 0.590 bits per heavy atom. The van der Waals surface area contributed by atoms with E-state index >= 15 is 0 Å². The van der Waals surface area contributed by atoms with Gasteiger partial charge < -0.3 is 51.3 Å². The summed E-state index contributed by atoms with van der Waals surface area (Å²) in [5.74, 6) is -3.71. The van der Waals surface area contributed by atoms with Gasteiger partial charge in [-0.05, 0) is 0 Å². The minimum Gasteiger partial charge on any atom is -0.412 e. The number of guanidine groups is 2. The van der Waals surface area contributed by atoms with E-state index in [1.54, 1.807) is 0 Å². The second-order valence-corrected chi connectivity index (χ2v) is 6.57. The molecule has 2 heterocycles. The zero-order valence-electron chi connectivity index (χ0n) is 19.0. The van der Waals surface area contributed by atoms with Crippen molar-refractivity contribution in [2.75, 3.05) is 22.9 Å². The van der Waals surface area contributed by atoms with Gasteiger partial charge in [-0.3, -0.25) is 20.2 Å². The Labute approximate surface area is 239 Å².